The number of aromatic nitrogens is 1. The van der Waals surface area contributed by atoms with Crippen LogP contribution >= 0.6 is 0 Å². The molecule has 1 aromatic heterocycles. The SMILES string of the molecule is CC(C)[C@@H](NC(=O)c1ccccc1)C(=O)Nc1ccncc1. The molecule has 1 aromatic carbocycles. The number of hydrogen-bond acceptors (Lipinski definition) is 3. The molecule has 0 bridgehead atoms. The first-order valence-corrected chi connectivity index (χ1v) is 7.14. The van der Waals surface area contributed by atoms with Crippen LogP contribution in [0.5, 0.6) is 0 Å². The minimum absolute atomic E-state index is 0.0329. The molecule has 0 fully saturated rings. The third kappa shape index (κ3) is 4.15. The van der Waals surface area contributed by atoms with Crippen molar-refractivity contribution in [2.24, 2.45) is 5.92 Å². The molecule has 0 radical (unpaired) electrons. The number of rotatable bonds is 5. The number of carbonyl (C=O) groups excluding carboxylic acids is 2. The van der Waals surface area contributed by atoms with Crippen molar-refractivity contribution in [2.75, 3.05) is 5.32 Å². The van der Waals surface area contributed by atoms with E-state index in [-0.39, 0.29) is 17.7 Å². The Bertz CT molecular complexity index is 627. The van der Waals surface area contributed by atoms with Crippen LogP contribution in [0.4, 0.5) is 5.69 Å². The van der Waals surface area contributed by atoms with Gasteiger partial charge in [0.1, 0.15) is 6.04 Å². The number of amides is 2. The molecule has 2 N–H and O–H groups in total. The monoisotopic (exact) mass is 297 g/mol. The number of anilines is 1. The van der Waals surface area contributed by atoms with Crippen LogP contribution in [-0.4, -0.2) is 22.8 Å². The minimum atomic E-state index is -0.610. The van der Waals surface area contributed by atoms with Gasteiger partial charge in [-0.2, -0.15) is 0 Å². The molecule has 0 aliphatic rings. The second-order valence-electron chi connectivity index (χ2n) is 5.29. The molecule has 114 valence electrons. The van der Waals surface area contributed by atoms with Gasteiger partial charge in [0, 0.05) is 23.6 Å². The van der Waals surface area contributed by atoms with Crippen LogP contribution in [0.25, 0.3) is 0 Å². The van der Waals surface area contributed by atoms with Crippen LogP contribution in [0.2, 0.25) is 0 Å². The molecule has 2 amide bonds. The number of nitrogens with one attached hydrogen (secondary N) is 2. The van der Waals surface area contributed by atoms with Crippen LogP contribution in [0, 0.1) is 5.92 Å². The van der Waals surface area contributed by atoms with E-state index >= 15 is 0 Å². The van der Waals surface area contributed by atoms with Crippen molar-refractivity contribution >= 4 is 17.5 Å². The summed E-state index contributed by atoms with van der Waals surface area (Å²) in [6.45, 7) is 3.78. The van der Waals surface area contributed by atoms with Crippen LogP contribution in [0.15, 0.2) is 54.9 Å². The van der Waals surface area contributed by atoms with E-state index in [1.807, 2.05) is 19.9 Å². The van der Waals surface area contributed by atoms with E-state index in [4.69, 9.17) is 0 Å². The molecule has 0 spiro atoms. The van der Waals surface area contributed by atoms with Crippen LogP contribution < -0.4 is 10.6 Å². The zero-order chi connectivity index (χ0) is 15.9. The van der Waals surface area contributed by atoms with Crippen molar-refractivity contribution in [3.63, 3.8) is 0 Å². The summed E-state index contributed by atoms with van der Waals surface area (Å²) in [6.07, 6.45) is 3.20. The molecule has 1 atom stereocenters. The first kappa shape index (κ1) is 15.7. The summed E-state index contributed by atoms with van der Waals surface area (Å²) in [5.41, 5.74) is 1.18. The molecule has 0 aliphatic carbocycles. The Hall–Kier alpha value is -2.69. The standard InChI is InChI=1S/C17H19N3O2/c1-12(2)15(17(22)19-14-8-10-18-11-9-14)20-16(21)13-6-4-3-5-7-13/h3-12,15H,1-2H3,(H,20,21)(H,18,19,22)/t15-/m1/s1. The summed E-state index contributed by atoms with van der Waals surface area (Å²) in [7, 11) is 0. The van der Waals surface area contributed by atoms with E-state index in [9.17, 15) is 9.59 Å². The second-order valence-corrected chi connectivity index (χ2v) is 5.29. The van der Waals surface area contributed by atoms with Crippen molar-refractivity contribution in [1.29, 1.82) is 0 Å². The maximum absolute atomic E-state index is 12.4. The van der Waals surface area contributed by atoms with Crippen molar-refractivity contribution in [2.45, 2.75) is 19.9 Å². The van der Waals surface area contributed by atoms with Gasteiger partial charge in [-0.05, 0) is 30.2 Å². The molecular formula is C17H19N3O2. The van der Waals surface area contributed by atoms with Gasteiger partial charge in [0.15, 0.2) is 0 Å². The van der Waals surface area contributed by atoms with Crippen molar-refractivity contribution in [3.8, 4) is 0 Å². The van der Waals surface area contributed by atoms with E-state index in [0.29, 0.717) is 11.3 Å². The van der Waals surface area contributed by atoms with Gasteiger partial charge in [-0.3, -0.25) is 14.6 Å². The van der Waals surface area contributed by atoms with Crippen LogP contribution in [0.3, 0.4) is 0 Å². The lowest BCUT2D eigenvalue weighted by Gasteiger charge is -2.21. The van der Waals surface area contributed by atoms with Gasteiger partial charge in [0.25, 0.3) is 5.91 Å². The predicted octanol–water partition coefficient (Wildman–Crippen LogP) is 2.47. The molecule has 0 aliphatic heterocycles. The molecule has 0 unspecified atom stereocenters. The van der Waals surface area contributed by atoms with Gasteiger partial charge < -0.3 is 10.6 Å². The maximum Gasteiger partial charge on any atom is 0.251 e. The molecule has 1 heterocycles. The van der Waals surface area contributed by atoms with Gasteiger partial charge in [-0.25, -0.2) is 0 Å². The van der Waals surface area contributed by atoms with E-state index in [1.54, 1.807) is 48.8 Å². The largest absolute Gasteiger partial charge is 0.340 e. The van der Waals surface area contributed by atoms with Crippen molar-refractivity contribution in [3.05, 3.63) is 60.4 Å². The van der Waals surface area contributed by atoms with Gasteiger partial charge >= 0.3 is 0 Å². The third-order valence-corrected chi connectivity index (χ3v) is 3.22. The average molecular weight is 297 g/mol. The zero-order valence-electron chi connectivity index (χ0n) is 12.6. The highest BCUT2D eigenvalue weighted by Gasteiger charge is 2.24. The lowest BCUT2D eigenvalue weighted by atomic mass is 10.0. The fraction of sp³-hybridized carbons (Fsp3) is 0.235. The summed E-state index contributed by atoms with van der Waals surface area (Å²) in [4.78, 5) is 28.5. The number of nitrogens with zero attached hydrogens (tertiary/aromatic N) is 1. The Labute approximate surface area is 129 Å². The third-order valence-electron chi connectivity index (χ3n) is 3.22. The highest BCUT2D eigenvalue weighted by Crippen LogP contribution is 2.09. The lowest BCUT2D eigenvalue weighted by molar-refractivity contribution is -0.118. The lowest BCUT2D eigenvalue weighted by Crippen LogP contribution is -2.47. The Balaban J connectivity index is 2.06. The summed E-state index contributed by atoms with van der Waals surface area (Å²) in [5.74, 6) is -0.538. The number of pyridine rings is 1. The van der Waals surface area contributed by atoms with Crippen molar-refractivity contribution in [1.82, 2.24) is 10.3 Å². The second kappa shape index (κ2) is 7.36. The first-order valence-electron chi connectivity index (χ1n) is 7.14. The van der Waals surface area contributed by atoms with E-state index < -0.39 is 6.04 Å². The normalized spacial score (nSPS) is 11.8. The summed E-state index contributed by atoms with van der Waals surface area (Å²) >= 11 is 0. The Morgan fingerprint density at radius 1 is 1.00 bits per heavy atom. The van der Waals surface area contributed by atoms with E-state index in [2.05, 4.69) is 15.6 Å². The smallest absolute Gasteiger partial charge is 0.251 e. The number of benzene rings is 1. The molecule has 5 heteroatoms. The molecule has 2 rings (SSSR count). The molecule has 0 saturated carbocycles. The molecule has 22 heavy (non-hydrogen) atoms. The summed E-state index contributed by atoms with van der Waals surface area (Å²) in [6, 6.07) is 11.6. The Kier molecular flexibility index (Phi) is 5.25. The highest BCUT2D eigenvalue weighted by atomic mass is 16.2. The molecule has 2 aromatic rings. The minimum Gasteiger partial charge on any atom is -0.340 e. The summed E-state index contributed by atoms with van der Waals surface area (Å²) < 4.78 is 0. The number of hydrogen-bond donors (Lipinski definition) is 2. The first-order chi connectivity index (χ1) is 10.6. The van der Waals surface area contributed by atoms with Crippen molar-refractivity contribution < 1.29 is 9.59 Å². The fourth-order valence-corrected chi connectivity index (χ4v) is 2.00. The van der Waals surface area contributed by atoms with Gasteiger partial charge in [-0.15, -0.1) is 0 Å². The fourth-order valence-electron chi connectivity index (χ4n) is 2.00. The van der Waals surface area contributed by atoms with E-state index in [1.165, 1.54) is 0 Å². The zero-order valence-corrected chi connectivity index (χ0v) is 12.6. The van der Waals surface area contributed by atoms with Gasteiger partial charge in [0.2, 0.25) is 5.91 Å². The molecule has 0 saturated heterocycles. The van der Waals surface area contributed by atoms with Crippen LogP contribution in [-0.2, 0) is 4.79 Å². The Morgan fingerprint density at radius 2 is 1.64 bits per heavy atom. The maximum atomic E-state index is 12.4. The average Bonchev–Trinajstić information content (AvgIpc) is 2.53. The van der Waals surface area contributed by atoms with E-state index in [0.717, 1.165) is 0 Å². The quantitative estimate of drug-likeness (QED) is 0.890. The number of carbonyl (C=O) groups is 2. The highest BCUT2D eigenvalue weighted by molar-refractivity contribution is 6.01. The molecular weight excluding hydrogens is 278 g/mol. The van der Waals surface area contributed by atoms with Crippen LogP contribution in [0.1, 0.15) is 24.2 Å². The predicted molar refractivity (Wildman–Crippen MR) is 85.4 cm³/mol. The topological polar surface area (TPSA) is 71.1 Å². The van der Waals surface area contributed by atoms with Gasteiger partial charge in [-0.1, -0.05) is 32.0 Å². The summed E-state index contributed by atoms with van der Waals surface area (Å²) in [5, 5.41) is 5.57. The molecule has 5 nitrogen and oxygen atoms in total. The Morgan fingerprint density at radius 3 is 2.23 bits per heavy atom. The van der Waals surface area contributed by atoms with Gasteiger partial charge in [0.05, 0.1) is 0 Å².